The van der Waals surface area contributed by atoms with Crippen molar-refractivity contribution in [3.8, 4) is 10.4 Å². The lowest BCUT2D eigenvalue weighted by Gasteiger charge is -2.01. The molecular formula is C11H10BrNS. The SMILES string of the molecule is Cc1ccc(-c2ccc(Br)c(N)c2)s1. The van der Waals surface area contributed by atoms with Crippen molar-refractivity contribution < 1.29 is 0 Å². The average molecular weight is 268 g/mol. The fraction of sp³-hybridized carbons (Fsp3) is 0.0909. The molecule has 1 aromatic heterocycles. The molecule has 0 aliphatic heterocycles. The van der Waals surface area contributed by atoms with E-state index in [1.54, 1.807) is 11.3 Å². The van der Waals surface area contributed by atoms with Crippen LogP contribution in [0.4, 0.5) is 5.69 Å². The highest BCUT2D eigenvalue weighted by molar-refractivity contribution is 9.10. The van der Waals surface area contributed by atoms with Crippen molar-refractivity contribution in [2.45, 2.75) is 6.92 Å². The first-order valence-electron chi connectivity index (χ1n) is 4.28. The third-order valence-corrected chi connectivity index (χ3v) is 3.79. The monoisotopic (exact) mass is 267 g/mol. The predicted molar refractivity (Wildman–Crippen MR) is 66.6 cm³/mol. The maximum atomic E-state index is 5.82. The zero-order valence-corrected chi connectivity index (χ0v) is 10.2. The zero-order chi connectivity index (χ0) is 10.1. The molecule has 72 valence electrons. The highest BCUT2D eigenvalue weighted by atomic mass is 79.9. The quantitative estimate of drug-likeness (QED) is 0.775. The normalized spacial score (nSPS) is 10.4. The first-order chi connectivity index (χ1) is 6.66. The van der Waals surface area contributed by atoms with Crippen molar-refractivity contribution in [1.29, 1.82) is 0 Å². The lowest BCUT2D eigenvalue weighted by molar-refractivity contribution is 1.62. The second kappa shape index (κ2) is 3.75. The van der Waals surface area contributed by atoms with Crippen LogP contribution in [0.25, 0.3) is 10.4 Å². The fourth-order valence-corrected chi connectivity index (χ4v) is 2.40. The van der Waals surface area contributed by atoms with Crippen LogP contribution in [-0.2, 0) is 0 Å². The van der Waals surface area contributed by atoms with E-state index in [9.17, 15) is 0 Å². The van der Waals surface area contributed by atoms with Gasteiger partial charge in [-0.2, -0.15) is 0 Å². The molecule has 0 aliphatic carbocycles. The Morgan fingerprint density at radius 2 is 2.00 bits per heavy atom. The van der Waals surface area contributed by atoms with Crippen LogP contribution in [-0.4, -0.2) is 0 Å². The van der Waals surface area contributed by atoms with Crippen LogP contribution in [0.2, 0.25) is 0 Å². The first-order valence-corrected chi connectivity index (χ1v) is 5.89. The largest absolute Gasteiger partial charge is 0.398 e. The van der Waals surface area contributed by atoms with Crippen LogP contribution in [0.5, 0.6) is 0 Å². The molecule has 1 aromatic carbocycles. The molecule has 0 radical (unpaired) electrons. The molecule has 1 nitrogen and oxygen atoms in total. The van der Waals surface area contributed by atoms with Crippen molar-refractivity contribution in [2.75, 3.05) is 5.73 Å². The highest BCUT2D eigenvalue weighted by Gasteiger charge is 2.02. The molecule has 0 spiro atoms. The molecule has 0 aliphatic rings. The van der Waals surface area contributed by atoms with Gasteiger partial charge in [0, 0.05) is 19.9 Å². The summed E-state index contributed by atoms with van der Waals surface area (Å²) in [5, 5.41) is 0. The molecule has 3 heteroatoms. The van der Waals surface area contributed by atoms with E-state index < -0.39 is 0 Å². The Hall–Kier alpha value is -0.800. The Labute approximate surface area is 95.7 Å². The summed E-state index contributed by atoms with van der Waals surface area (Å²) in [6.45, 7) is 2.11. The van der Waals surface area contributed by atoms with Gasteiger partial charge in [-0.05, 0) is 52.7 Å². The lowest BCUT2D eigenvalue weighted by Crippen LogP contribution is -1.86. The van der Waals surface area contributed by atoms with Crippen molar-refractivity contribution >= 4 is 33.0 Å². The van der Waals surface area contributed by atoms with Crippen molar-refractivity contribution in [1.82, 2.24) is 0 Å². The van der Waals surface area contributed by atoms with E-state index >= 15 is 0 Å². The Morgan fingerprint density at radius 1 is 1.21 bits per heavy atom. The smallest absolute Gasteiger partial charge is 0.0464 e. The second-order valence-electron chi connectivity index (χ2n) is 3.15. The standard InChI is InChI=1S/C11H10BrNS/c1-7-2-5-11(14-7)8-3-4-9(12)10(13)6-8/h2-6H,13H2,1H3. The van der Waals surface area contributed by atoms with Gasteiger partial charge >= 0.3 is 0 Å². The summed E-state index contributed by atoms with van der Waals surface area (Å²) in [5.74, 6) is 0. The summed E-state index contributed by atoms with van der Waals surface area (Å²) in [7, 11) is 0. The van der Waals surface area contributed by atoms with Crippen LogP contribution in [0.1, 0.15) is 4.88 Å². The number of thiophene rings is 1. The van der Waals surface area contributed by atoms with Gasteiger partial charge in [0.15, 0.2) is 0 Å². The van der Waals surface area contributed by atoms with E-state index in [4.69, 9.17) is 5.73 Å². The molecular weight excluding hydrogens is 258 g/mol. The lowest BCUT2D eigenvalue weighted by atomic mass is 10.2. The van der Waals surface area contributed by atoms with Crippen LogP contribution in [0.15, 0.2) is 34.8 Å². The minimum atomic E-state index is 0.786. The molecule has 0 bridgehead atoms. The molecule has 2 rings (SSSR count). The number of hydrogen-bond acceptors (Lipinski definition) is 2. The van der Waals surface area contributed by atoms with Crippen LogP contribution >= 0.6 is 27.3 Å². The summed E-state index contributed by atoms with van der Waals surface area (Å²) in [4.78, 5) is 2.59. The molecule has 14 heavy (non-hydrogen) atoms. The van der Waals surface area contributed by atoms with Crippen molar-refractivity contribution in [2.24, 2.45) is 0 Å². The number of benzene rings is 1. The Balaban J connectivity index is 2.47. The Morgan fingerprint density at radius 3 is 2.57 bits per heavy atom. The summed E-state index contributed by atoms with van der Waals surface area (Å²) in [5.41, 5.74) is 7.79. The molecule has 0 fully saturated rings. The minimum Gasteiger partial charge on any atom is -0.398 e. The van der Waals surface area contributed by atoms with Gasteiger partial charge in [0.05, 0.1) is 0 Å². The highest BCUT2D eigenvalue weighted by Crippen LogP contribution is 2.31. The van der Waals surface area contributed by atoms with Gasteiger partial charge in [-0.25, -0.2) is 0 Å². The summed E-state index contributed by atoms with van der Waals surface area (Å²) in [6, 6.07) is 10.3. The van der Waals surface area contributed by atoms with Crippen molar-refractivity contribution in [3.63, 3.8) is 0 Å². The molecule has 0 unspecified atom stereocenters. The Kier molecular flexibility index (Phi) is 2.61. The van der Waals surface area contributed by atoms with Gasteiger partial charge in [-0.15, -0.1) is 11.3 Å². The van der Waals surface area contributed by atoms with E-state index in [0.29, 0.717) is 0 Å². The molecule has 0 saturated carbocycles. The number of anilines is 1. The third-order valence-electron chi connectivity index (χ3n) is 2.02. The van der Waals surface area contributed by atoms with Gasteiger partial charge in [-0.3, -0.25) is 0 Å². The van der Waals surface area contributed by atoms with E-state index in [1.165, 1.54) is 15.3 Å². The maximum Gasteiger partial charge on any atom is 0.0464 e. The maximum absolute atomic E-state index is 5.82. The van der Waals surface area contributed by atoms with E-state index in [1.807, 2.05) is 12.1 Å². The van der Waals surface area contributed by atoms with Gasteiger partial charge in [0.25, 0.3) is 0 Å². The summed E-state index contributed by atoms with van der Waals surface area (Å²) >= 11 is 5.17. The van der Waals surface area contributed by atoms with Gasteiger partial charge < -0.3 is 5.73 Å². The predicted octanol–water partition coefficient (Wildman–Crippen LogP) is 4.07. The average Bonchev–Trinajstić information content (AvgIpc) is 2.57. The number of halogens is 1. The second-order valence-corrected chi connectivity index (χ2v) is 5.29. The zero-order valence-electron chi connectivity index (χ0n) is 7.75. The molecule has 1 heterocycles. The number of hydrogen-bond donors (Lipinski definition) is 1. The van der Waals surface area contributed by atoms with Crippen LogP contribution in [0.3, 0.4) is 0 Å². The van der Waals surface area contributed by atoms with Crippen LogP contribution < -0.4 is 5.73 Å². The molecule has 2 aromatic rings. The van der Waals surface area contributed by atoms with E-state index in [2.05, 4.69) is 41.1 Å². The number of aryl methyl sites for hydroxylation is 1. The molecule has 0 atom stereocenters. The van der Waals surface area contributed by atoms with Gasteiger partial charge in [0.2, 0.25) is 0 Å². The molecule has 2 N–H and O–H groups in total. The first kappa shape index (κ1) is 9.74. The van der Waals surface area contributed by atoms with Gasteiger partial charge in [-0.1, -0.05) is 6.07 Å². The topological polar surface area (TPSA) is 26.0 Å². The fourth-order valence-electron chi connectivity index (χ4n) is 1.29. The van der Waals surface area contributed by atoms with E-state index in [0.717, 1.165) is 10.2 Å². The summed E-state index contributed by atoms with van der Waals surface area (Å²) < 4.78 is 0.953. The van der Waals surface area contributed by atoms with Gasteiger partial charge in [0.1, 0.15) is 0 Å². The van der Waals surface area contributed by atoms with E-state index in [-0.39, 0.29) is 0 Å². The van der Waals surface area contributed by atoms with Crippen molar-refractivity contribution in [3.05, 3.63) is 39.7 Å². The number of nitrogen functional groups attached to an aromatic ring is 1. The molecule has 0 saturated heterocycles. The van der Waals surface area contributed by atoms with Crippen LogP contribution in [0, 0.1) is 6.92 Å². The minimum absolute atomic E-state index is 0.786. The number of nitrogens with two attached hydrogens (primary N) is 1. The molecule has 0 amide bonds. The summed E-state index contributed by atoms with van der Waals surface area (Å²) in [6.07, 6.45) is 0. The number of rotatable bonds is 1. The third kappa shape index (κ3) is 1.83. The Bertz CT molecular complexity index is 462.